The van der Waals surface area contributed by atoms with Crippen molar-refractivity contribution in [2.24, 2.45) is 5.73 Å². The molecule has 1 aromatic carbocycles. The Morgan fingerprint density at radius 3 is 2.33 bits per heavy atom. The van der Waals surface area contributed by atoms with Crippen molar-refractivity contribution in [1.82, 2.24) is 5.32 Å². The minimum absolute atomic E-state index is 0.295. The number of hydrogen-bond acceptors (Lipinski definition) is 3. The van der Waals surface area contributed by atoms with Gasteiger partial charge in [0.05, 0.1) is 0 Å². The first-order chi connectivity index (χ1) is 8.70. The van der Waals surface area contributed by atoms with Gasteiger partial charge in [-0.1, -0.05) is 0 Å². The van der Waals surface area contributed by atoms with Gasteiger partial charge in [0, 0.05) is 17.6 Å². The highest BCUT2D eigenvalue weighted by Gasteiger charge is 2.34. The molecule has 0 aliphatic carbocycles. The molecule has 3 atom stereocenters. The number of hydrogen-bond donors (Lipinski definition) is 2. The van der Waals surface area contributed by atoms with Crippen LogP contribution in [0.1, 0.15) is 36.0 Å². The molecule has 1 amide bonds. The molecular formula is C14H18N2O2. The van der Waals surface area contributed by atoms with Crippen molar-refractivity contribution < 1.29 is 9.53 Å². The number of ether oxygens (including phenoxy) is 1. The molecule has 2 heterocycles. The number of benzene rings is 1. The summed E-state index contributed by atoms with van der Waals surface area (Å²) in [5, 5.41) is 3.59. The van der Waals surface area contributed by atoms with Crippen molar-refractivity contribution in [2.75, 3.05) is 0 Å². The molecule has 0 spiro atoms. The van der Waals surface area contributed by atoms with Gasteiger partial charge >= 0.3 is 0 Å². The lowest BCUT2D eigenvalue weighted by molar-refractivity contribution is 0.1000. The van der Waals surface area contributed by atoms with E-state index in [1.54, 1.807) is 12.1 Å². The Morgan fingerprint density at radius 1 is 1.17 bits per heavy atom. The third-order valence-electron chi connectivity index (χ3n) is 3.87. The van der Waals surface area contributed by atoms with E-state index >= 15 is 0 Å². The second kappa shape index (κ2) is 4.61. The van der Waals surface area contributed by atoms with Gasteiger partial charge in [-0.25, -0.2) is 0 Å². The monoisotopic (exact) mass is 246 g/mol. The molecular weight excluding hydrogens is 228 g/mol. The highest BCUT2D eigenvalue weighted by molar-refractivity contribution is 5.92. The van der Waals surface area contributed by atoms with Gasteiger partial charge < -0.3 is 15.8 Å². The van der Waals surface area contributed by atoms with Crippen LogP contribution in [0.5, 0.6) is 5.75 Å². The van der Waals surface area contributed by atoms with E-state index in [9.17, 15) is 4.79 Å². The molecule has 4 nitrogen and oxygen atoms in total. The van der Waals surface area contributed by atoms with Crippen LogP contribution in [0.3, 0.4) is 0 Å². The molecule has 0 unspecified atom stereocenters. The summed E-state index contributed by atoms with van der Waals surface area (Å²) in [6.07, 6.45) is 4.99. The molecule has 4 heteroatoms. The van der Waals surface area contributed by atoms with Gasteiger partial charge in [-0.15, -0.1) is 0 Å². The standard InChI is InChI=1S/C14H18N2O2/c15-14(17)9-1-5-12(6-2-9)18-13-7-10-3-4-11(8-13)16-10/h1-2,5-6,10-11,13,16H,3-4,7-8H2,(H2,15,17)/t10-,11+,13-. The Kier molecular flexibility index (Phi) is 2.96. The molecule has 0 aromatic heterocycles. The van der Waals surface area contributed by atoms with Crippen LogP contribution in [0.15, 0.2) is 24.3 Å². The summed E-state index contributed by atoms with van der Waals surface area (Å²) in [5.41, 5.74) is 5.73. The van der Waals surface area contributed by atoms with Gasteiger partial charge in [0.1, 0.15) is 11.9 Å². The van der Waals surface area contributed by atoms with E-state index < -0.39 is 5.91 Å². The number of carbonyl (C=O) groups is 1. The predicted molar refractivity (Wildman–Crippen MR) is 68.6 cm³/mol. The maximum Gasteiger partial charge on any atom is 0.248 e. The van der Waals surface area contributed by atoms with Crippen LogP contribution < -0.4 is 15.8 Å². The zero-order valence-corrected chi connectivity index (χ0v) is 10.3. The Hall–Kier alpha value is -1.55. The van der Waals surface area contributed by atoms with E-state index in [1.807, 2.05) is 12.1 Å². The molecule has 3 N–H and O–H groups in total. The molecule has 0 radical (unpaired) electrons. The predicted octanol–water partition coefficient (Wildman–Crippen LogP) is 1.45. The fourth-order valence-corrected chi connectivity index (χ4v) is 2.99. The second-order valence-corrected chi connectivity index (χ2v) is 5.24. The van der Waals surface area contributed by atoms with Gasteiger partial charge in [-0.05, 0) is 49.9 Å². The first kappa shape index (κ1) is 11.5. The first-order valence-corrected chi connectivity index (χ1v) is 6.53. The summed E-state index contributed by atoms with van der Waals surface area (Å²) in [7, 11) is 0. The lowest BCUT2D eigenvalue weighted by atomic mass is 10.0. The fraction of sp³-hybridized carbons (Fsp3) is 0.500. The molecule has 96 valence electrons. The van der Waals surface area contributed by atoms with Crippen molar-refractivity contribution in [2.45, 2.75) is 43.9 Å². The molecule has 2 aliphatic heterocycles. The third-order valence-corrected chi connectivity index (χ3v) is 3.87. The van der Waals surface area contributed by atoms with Crippen LogP contribution in [0.2, 0.25) is 0 Å². The highest BCUT2D eigenvalue weighted by Crippen LogP contribution is 2.29. The normalized spacial score (nSPS) is 30.1. The van der Waals surface area contributed by atoms with Crippen LogP contribution in [-0.4, -0.2) is 24.1 Å². The quantitative estimate of drug-likeness (QED) is 0.848. The van der Waals surface area contributed by atoms with Crippen LogP contribution in [0, 0.1) is 0 Å². The number of fused-ring (bicyclic) bond motifs is 2. The van der Waals surface area contributed by atoms with E-state index in [1.165, 1.54) is 12.8 Å². The number of piperidine rings is 1. The Balaban J connectivity index is 1.64. The summed E-state index contributed by atoms with van der Waals surface area (Å²) in [6.45, 7) is 0. The molecule has 1 aromatic rings. The smallest absolute Gasteiger partial charge is 0.248 e. The van der Waals surface area contributed by atoms with E-state index in [0.717, 1.165) is 18.6 Å². The number of nitrogens with two attached hydrogens (primary N) is 1. The Morgan fingerprint density at radius 2 is 1.78 bits per heavy atom. The minimum atomic E-state index is -0.401. The SMILES string of the molecule is NC(=O)c1ccc(O[C@@H]2C[C@H]3CC[C@@H](C2)N3)cc1. The topological polar surface area (TPSA) is 64.4 Å². The fourth-order valence-electron chi connectivity index (χ4n) is 2.99. The minimum Gasteiger partial charge on any atom is -0.490 e. The number of amides is 1. The van der Waals surface area contributed by atoms with Crippen LogP contribution in [0.4, 0.5) is 0 Å². The number of primary amides is 1. The van der Waals surface area contributed by atoms with E-state index in [4.69, 9.17) is 10.5 Å². The van der Waals surface area contributed by atoms with E-state index in [-0.39, 0.29) is 0 Å². The summed E-state index contributed by atoms with van der Waals surface area (Å²) >= 11 is 0. The molecule has 3 rings (SSSR count). The molecule has 2 bridgehead atoms. The molecule has 18 heavy (non-hydrogen) atoms. The number of rotatable bonds is 3. The molecule has 2 fully saturated rings. The largest absolute Gasteiger partial charge is 0.490 e. The highest BCUT2D eigenvalue weighted by atomic mass is 16.5. The van der Waals surface area contributed by atoms with Gasteiger partial charge in [-0.2, -0.15) is 0 Å². The summed E-state index contributed by atoms with van der Waals surface area (Å²) in [4.78, 5) is 11.0. The maximum absolute atomic E-state index is 11.0. The van der Waals surface area contributed by atoms with E-state index in [0.29, 0.717) is 23.8 Å². The lowest BCUT2D eigenvalue weighted by Gasteiger charge is -2.29. The average Bonchev–Trinajstić information content (AvgIpc) is 2.69. The maximum atomic E-state index is 11.0. The van der Waals surface area contributed by atoms with Gasteiger partial charge in [0.25, 0.3) is 0 Å². The summed E-state index contributed by atoms with van der Waals surface area (Å²) in [5.74, 6) is 0.424. The van der Waals surface area contributed by atoms with Gasteiger partial charge in [0.2, 0.25) is 5.91 Å². The van der Waals surface area contributed by atoms with Crippen LogP contribution in [0.25, 0.3) is 0 Å². The lowest BCUT2D eigenvalue weighted by Crippen LogP contribution is -2.42. The van der Waals surface area contributed by atoms with Crippen molar-refractivity contribution >= 4 is 5.91 Å². The molecule has 2 saturated heterocycles. The van der Waals surface area contributed by atoms with Crippen molar-refractivity contribution in [1.29, 1.82) is 0 Å². The zero-order chi connectivity index (χ0) is 12.5. The first-order valence-electron chi connectivity index (χ1n) is 6.53. The zero-order valence-electron chi connectivity index (χ0n) is 10.3. The summed E-state index contributed by atoms with van der Waals surface area (Å²) < 4.78 is 5.98. The number of nitrogens with one attached hydrogen (secondary N) is 1. The van der Waals surface area contributed by atoms with Crippen LogP contribution >= 0.6 is 0 Å². The third kappa shape index (κ3) is 2.34. The number of carbonyl (C=O) groups excluding carboxylic acids is 1. The van der Waals surface area contributed by atoms with Crippen LogP contribution in [-0.2, 0) is 0 Å². The average molecular weight is 246 g/mol. The van der Waals surface area contributed by atoms with Gasteiger partial charge in [0.15, 0.2) is 0 Å². The molecule has 0 saturated carbocycles. The van der Waals surface area contributed by atoms with Crippen molar-refractivity contribution in [3.8, 4) is 5.75 Å². The summed E-state index contributed by atoms with van der Waals surface area (Å²) in [6, 6.07) is 8.33. The Labute approximate surface area is 107 Å². The van der Waals surface area contributed by atoms with Gasteiger partial charge in [-0.3, -0.25) is 4.79 Å². The van der Waals surface area contributed by atoms with Crippen molar-refractivity contribution in [3.05, 3.63) is 29.8 Å². The second-order valence-electron chi connectivity index (χ2n) is 5.24. The van der Waals surface area contributed by atoms with Crippen molar-refractivity contribution in [3.63, 3.8) is 0 Å². The van der Waals surface area contributed by atoms with E-state index in [2.05, 4.69) is 5.32 Å². The Bertz CT molecular complexity index is 432. The molecule has 2 aliphatic rings.